The average Bonchev–Trinajstić information content (AvgIpc) is 2.68. The summed E-state index contributed by atoms with van der Waals surface area (Å²) < 4.78 is 34.1. The van der Waals surface area contributed by atoms with Crippen LogP contribution in [-0.4, -0.2) is 15.5 Å². The molecule has 5 heteroatoms. The van der Waals surface area contributed by atoms with Gasteiger partial charge in [-0.3, -0.25) is 4.31 Å². The van der Waals surface area contributed by atoms with Crippen LogP contribution in [0.25, 0.3) is 0 Å². The maximum atomic E-state index is 13.7. The van der Waals surface area contributed by atoms with Crippen LogP contribution in [0, 0.1) is 13.8 Å². The van der Waals surface area contributed by atoms with E-state index in [1.165, 1.54) is 4.31 Å². The number of anilines is 1. The molecule has 0 heterocycles. The number of methoxy groups -OCH3 is 1. The molecule has 0 saturated heterocycles. The van der Waals surface area contributed by atoms with Gasteiger partial charge in [0.1, 0.15) is 5.75 Å². The molecule has 0 aliphatic carbocycles. The summed E-state index contributed by atoms with van der Waals surface area (Å²) in [5, 5.41) is 0. The van der Waals surface area contributed by atoms with E-state index in [-0.39, 0.29) is 10.9 Å². The summed E-state index contributed by atoms with van der Waals surface area (Å²) in [7, 11) is -2.21. The molecule has 146 valence electrons. The lowest BCUT2D eigenvalue weighted by atomic mass is 10.0. The van der Waals surface area contributed by atoms with E-state index in [9.17, 15) is 8.42 Å². The highest BCUT2D eigenvalue weighted by atomic mass is 32.2. The Balaban J connectivity index is 2.19. The van der Waals surface area contributed by atoms with Crippen LogP contribution in [-0.2, 0) is 10.0 Å². The number of nitrogens with zero attached hydrogens (tertiary/aromatic N) is 1. The van der Waals surface area contributed by atoms with Crippen molar-refractivity contribution in [2.45, 2.75) is 31.7 Å². The Morgan fingerprint density at radius 1 is 0.893 bits per heavy atom. The van der Waals surface area contributed by atoms with Gasteiger partial charge < -0.3 is 4.74 Å². The van der Waals surface area contributed by atoms with Crippen molar-refractivity contribution in [3.8, 4) is 5.75 Å². The van der Waals surface area contributed by atoms with Crippen LogP contribution in [0.5, 0.6) is 5.75 Å². The maximum absolute atomic E-state index is 13.7. The van der Waals surface area contributed by atoms with Crippen molar-refractivity contribution in [1.29, 1.82) is 0 Å². The molecule has 0 aliphatic heterocycles. The van der Waals surface area contributed by atoms with Crippen LogP contribution in [0.4, 0.5) is 5.69 Å². The van der Waals surface area contributed by atoms with Crippen molar-refractivity contribution in [2.75, 3.05) is 11.4 Å². The molecule has 28 heavy (non-hydrogen) atoms. The minimum atomic E-state index is -3.78. The number of aryl methyl sites for hydroxylation is 2. The van der Waals surface area contributed by atoms with Crippen LogP contribution >= 0.6 is 0 Å². The zero-order chi connectivity index (χ0) is 20.3. The first kappa shape index (κ1) is 20.0. The highest BCUT2D eigenvalue weighted by molar-refractivity contribution is 7.92. The Morgan fingerprint density at radius 2 is 1.57 bits per heavy atom. The van der Waals surface area contributed by atoms with E-state index in [1.54, 1.807) is 43.5 Å². The van der Waals surface area contributed by atoms with Crippen molar-refractivity contribution in [3.05, 3.63) is 89.5 Å². The van der Waals surface area contributed by atoms with Gasteiger partial charge in [-0.15, -0.1) is 0 Å². The van der Waals surface area contributed by atoms with Gasteiger partial charge >= 0.3 is 0 Å². The van der Waals surface area contributed by atoms with Gasteiger partial charge in [0.2, 0.25) is 0 Å². The fraction of sp³-hybridized carbons (Fsp3) is 0.217. The molecule has 0 aromatic heterocycles. The van der Waals surface area contributed by atoms with Crippen molar-refractivity contribution in [2.24, 2.45) is 0 Å². The Bertz CT molecular complexity index is 1060. The molecule has 0 unspecified atom stereocenters. The van der Waals surface area contributed by atoms with Gasteiger partial charge in [0.25, 0.3) is 10.0 Å². The van der Waals surface area contributed by atoms with Crippen molar-refractivity contribution in [1.82, 2.24) is 0 Å². The van der Waals surface area contributed by atoms with Gasteiger partial charge in [0.15, 0.2) is 0 Å². The second-order valence-electron chi connectivity index (χ2n) is 6.85. The molecule has 0 spiro atoms. The van der Waals surface area contributed by atoms with Gasteiger partial charge in [0, 0.05) is 6.07 Å². The number of ether oxygens (including phenoxy) is 1. The minimum absolute atomic E-state index is 0.265. The maximum Gasteiger partial charge on any atom is 0.264 e. The largest absolute Gasteiger partial charge is 0.497 e. The Hall–Kier alpha value is -2.79. The van der Waals surface area contributed by atoms with Crippen molar-refractivity contribution in [3.63, 3.8) is 0 Å². The topological polar surface area (TPSA) is 46.6 Å². The quantitative estimate of drug-likeness (QED) is 0.571. The van der Waals surface area contributed by atoms with Crippen LogP contribution in [0.2, 0.25) is 0 Å². The summed E-state index contributed by atoms with van der Waals surface area (Å²) >= 11 is 0. The zero-order valence-corrected chi connectivity index (χ0v) is 17.4. The first-order chi connectivity index (χ1) is 13.3. The molecule has 0 amide bonds. The Kier molecular flexibility index (Phi) is 5.75. The summed E-state index contributed by atoms with van der Waals surface area (Å²) in [6.45, 7) is 5.84. The average molecular weight is 396 g/mol. The lowest BCUT2D eigenvalue weighted by Gasteiger charge is -2.32. The Morgan fingerprint density at radius 3 is 2.21 bits per heavy atom. The number of hydrogen-bond donors (Lipinski definition) is 0. The first-order valence-electron chi connectivity index (χ1n) is 9.15. The SMILES string of the molecule is COc1cccc(N([C@@H](C)c2ccccc2C)S(=O)(=O)c2ccc(C)cc2)c1. The standard InChI is InChI=1S/C23H25NO3S/c1-17-12-14-22(15-13-17)28(25,26)24(20-9-7-10-21(16-20)27-4)19(3)23-11-6-5-8-18(23)2/h5-16,19H,1-4H3/t19-/m0/s1. The second-order valence-corrected chi connectivity index (χ2v) is 8.66. The summed E-state index contributed by atoms with van der Waals surface area (Å²) in [5.74, 6) is 0.610. The molecule has 0 saturated carbocycles. The smallest absolute Gasteiger partial charge is 0.264 e. The molecule has 0 N–H and O–H groups in total. The highest BCUT2D eigenvalue weighted by Gasteiger charge is 2.31. The fourth-order valence-electron chi connectivity index (χ4n) is 3.32. The van der Waals surface area contributed by atoms with Gasteiger partial charge in [-0.2, -0.15) is 0 Å². The van der Waals surface area contributed by atoms with E-state index in [0.717, 1.165) is 16.7 Å². The third-order valence-corrected chi connectivity index (χ3v) is 6.79. The van der Waals surface area contributed by atoms with Gasteiger partial charge in [-0.05, 0) is 56.2 Å². The third kappa shape index (κ3) is 3.90. The molecule has 0 fully saturated rings. The van der Waals surface area contributed by atoms with E-state index >= 15 is 0 Å². The van der Waals surface area contributed by atoms with Gasteiger partial charge in [-0.1, -0.05) is 48.0 Å². The second kappa shape index (κ2) is 8.07. The highest BCUT2D eigenvalue weighted by Crippen LogP contribution is 2.35. The number of rotatable bonds is 6. The summed E-state index contributed by atoms with van der Waals surface area (Å²) in [6, 6.07) is 21.6. The molecule has 0 bridgehead atoms. The van der Waals surface area contributed by atoms with Crippen LogP contribution < -0.4 is 9.04 Å². The minimum Gasteiger partial charge on any atom is -0.497 e. The summed E-state index contributed by atoms with van der Waals surface area (Å²) in [4.78, 5) is 0.265. The number of benzene rings is 3. The molecule has 3 aromatic rings. The predicted octanol–water partition coefficient (Wildman–Crippen LogP) is 5.27. The van der Waals surface area contributed by atoms with E-state index in [1.807, 2.05) is 57.2 Å². The molecule has 4 nitrogen and oxygen atoms in total. The van der Waals surface area contributed by atoms with Crippen LogP contribution in [0.1, 0.15) is 29.7 Å². The summed E-state index contributed by atoms with van der Waals surface area (Å²) in [5.41, 5.74) is 3.58. The van der Waals surface area contributed by atoms with E-state index in [4.69, 9.17) is 4.74 Å². The van der Waals surface area contributed by atoms with E-state index < -0.39 is 10.0 Å². The molecule has 0 radical (unpaired) electrons. The Labute approximate surface area is 167 Å². The number of sulfonamides is 1. The summed E-state index contributed by atoms with van der Waals surface area (Å²) in [6.07, 6.45) is 0. The monoisotopic (exact) mass is 395 g/mol. The third-order valence-electron chi connectivity index (χ3n) is 4.88. The molecule has 0 aliphatic rings. The number of hydrogen-bond acceptors (Lipinski definition) is 3. The van der Waals surface area contributed by atoms with E-state index in [0.29, 0.717) is 11.4 Å². The molecular weight excluding hydrogens is 370 g/mol. The zero-order valence-electron chi connectivity index (χ0n) is 16.6. The first-order valence-corrected chi connectivity index (χ1v) is 10.6. The van der Waals surface area contributed by atoms with Gasteiger partial charge in [-0.25, -0.2) is 8.42 Å². The predicted molar refractivity (Wildman–Crippen MR) is 113 cm³/mol. The fourth-order valence-corrected chi connectivity index (χ4v) is 4.95. The lowest BCUT2D eigenvalue weighted by Crippen LogP contribution is -2.34. The van der Waals surface area contributed by atoms with Crippen LogP contribution in [0.15, 0.2) is 77.7 Å². The van der Waals surface area contributed by atoms with E-state index in [2.05, 4.69) is 0 Å². The molecule has 3 rings (SSSR count). The molecular formula is C23H25NO3S. The van der Waals surface area contributed by atoms with Crippen molar-refractivity contribution < 1.29 is 13.2 Å². The van der Waals surface area contributed by atoms with Gasteiger partial charge in [0.05, 0.1) is 23.7 Å². The molecule has 1 atom stereocenters. The van der Waals surface area contributed by atoms with Crippen LogP contribution in [0.3, 0.4) is 0 Å². The molecule has 3 aromatic carbocycles. The van der Waals surface area contributed by atoms with Crippen molar-refractivity contribution >= 4 is 15.7 Å². The normalized spacial score (nSPS) is 12.4. The lowest BCUT2D eigenvalue weighted by molar-refractivity contribution is 0.415.